The van der Waals surface area contributed by atoms with E-state index in [1.807, 2.05) is 0 Å². The lowest BCUT2D eigenvalue weighted by Gasteiger charge is -2.52. The van der Waals surface area contributed by atoms with Gasteiger partial charge in [0.15, 0.2) is 34.7 Å². The Kier molecular flexibility index (Phi) is 5.45. The summed E-state index contributed by atoms with van der Waals surface area (Å²) in [7, 11) is 4.17. The molecule has 0 heterocycles. The molecular formula is C23H24N2O9. The minimum Gasteiger partial charge on any atom is -0.507 e. The third kappa shape index (κ3) is 2.96. The highest BCUT2D eigenvalue weighted by Crippen LogP contribution is 2.51. The van der Waals surface area contributed by atoms with Gasteiger partial charge < -0.3 is 20.7 Å². The van der Waals surface area contributed by atoms with Gasteiger partial charge in [-0.25, -0.2) is 4.79 Å². The van der Waals surface area contributed by atoms with Gasteiger partial charge in [-0.3, -0.25) is 28.9 Å². The second kappa shape index (κ2) is 7.81. The van der Waals surface area contributed by atoms with E-state index in [-0.39, 0.29) is 29.5 Å². The molecule has 4 N–H and O–H groups in total. The number of carbonyl (C=O) groups excluding carboxylic acids is 6. The number of fused-ring (bicyclic) bond motifs is 3. The number of carbonyl (C=O) groups is 6. The Morgan fingerprint density at radius 1 is 1.15 bits per heavy atom. The number of Topliss-reactive ketones (excluding diaryl/α,β-unsaturated/α-hetero) is 4. The molecule has 0 radical (unpaired) electrons. The summed E-state index contributed by atoms with van der Waals surface area (Å²) in [5.74, 6) is -12.2. The lowest BCUT2D eigenvalue weighted by molar-refractivity contribution is -0.181. The van der Waals surface area contributed by atoms with Crippen molar-refractivity contribution in [2.45, 2.75) is 24.5 Å². The van der Waals surface area contributed by atoms with E-state index in [9.17, 15) is 39.0 Å². The Morgan fingerprint density at radius 2 is 1.79 bits per heavy atom. The molecule has 1 aromatic rings. The average molecular weight is 472 g/mol. The fraction of sp³-hybridized carbons (Fsp3) is 0.478. The highest BCUT2D eigenvalue weighted by molar-refractivity contribution is 6.32. The second-order valence-electron chi connectivity index (χ2n) is 9.27. The molecule has 0 aliphatic heterocycles. The molecule has 2 fully saturated rings. The van der Waals surface area contributed by atoms with Crippen LogP contribution in [0.4, 0.5) is 0 Å². The maximum absolute atomic E-state index is 13.6. The van der Waals surface area contributed by atoms with Gasteiger partial charge in [-0.1, -0.05) is 0 Å². The number of aromatic hydroxyl groups is 1. The van der Waals surface area contributed by atoms with Gasteiger partial charge in [-0.15, -0.1) is 0 Å². The van der Waals surface area contributed by atoms with Crippen molar-refractivity contribution >= 4 is 35.0 Å². The van der Waals surface area contributed by atoms with Crippen LogP contribution in [0.2, 0.25) is 0 Å². The van der Waals surface area contributed by atoms with Crippen LogP contribution in [0.1, 0.15) is 32.7 Å². The van der Waals surface area contributed by atoms with Gasteiger partial charge in [-0.05, 0) is 50.6 Å². The van der Waals surface area contributed by atoms with Crippen molar-refractivity contribution in [1.82, 2.24) is 4.90 Å². The van der Waals surface area contributed by atoms with Crippen LogP contribution < -0.4 is 5.73 Å². The van der Waals surface area contributed by atoms with E-state index in [1.165, 1.54) is 25.1 Å². The molecule has 1 amide bonds. The Hall–Kier alpha value is -3.44. The number of aliphatic hydroxyl groups is 1. The number of ether oxygens (including phenoxy) is 1. The number of nitrogens with two attached hydrogens (primary N) is 1. The van der Waals surface area contributed by atoms with E-state index in [4.69, 9.17) is 10.5 Å². The van der Waals surface area contributed by atoms with Crippen molar-refractivity contribution < 1.29 is 43.7 Å². The largest absolute Gasteiger partial charge is 0.507 e. The number of hydrogen-bond acceptors (Lipinski definition) is 10. The maximum Gasteiger partial charge on any atom is 0.338 e. The van der Waals surface area contributed by atoms with Crippen LogP contribution in [0, 0.1) is 23.7 Å². The smallest absolute Gasteiger partial charge is 0.338 e. The van der Waals surface area contributed by atoms with Crippen LogP contribution in [0.3, 0.4) is 0 Å². The van der Waals surface area contributed by atoms with E-state index < -0.39 is 76.1 Å². The fourth-order valence-corrected chi connectivity index (χ4v) is 5.91. The Labute approximate surface area is 193 Å². The van der Waals surface area contributed by atoms with E-state index in [1.54, 1.807) is 0 Å². The molecule has 0 spiro atoms. The predicted octanol–water partition coefficient (Wildman–Crippen LogP) is -1.35. The molecule has 6 atom stereocenters. The van der Waals surface area contributed by atoms with E-state index in [2.05, 4.69) is 0 Å². The number of methoxy groups -OCH3 is 1. The number of phenolic OH excluding ortho intramolecular Hbond substituents is 1. The number of phenols is 1. The first-order valence-corrected chi connectivity index (χ1v) is 10.7. The Bertz CT molecular complexity index is 1170. The maximum atomic E-state index is 13.6. The van der Waals surface area contributed by atoms with Crippen LogP contribution in [-0.2, 0) is 30.3 Å². The number of nitrogens with zero attached hydrogens (tertiary/aromatic N) is 1. The molecule has 4 rings (SSSR count). The molecule has 34 heavy (non-hydrogen) atoms. The number of hydrogen-bond donors (Lipinski definition) is 3. The molecule has 1 aromatic carbocycles. The van der Waals surface area contributed by atoms with Gasteiger partial charge in [0.1, 0.15) is 5.75 Å². The summed E-state index contributed by atoms with van der Waals surface area (Å²) >= 11 is 0. The highest BCUT2D eigenvalue weighted by Gasteiger charge is 2.69. The van der Waals surface area contributed by atoms with Crippen LogP contribution >= 0.6 is 0 Å². The molecule has 2 unspecified atom stereocenters. The van der Waals surface area contributed by atoms with Crippen molar-refractivity contribution in [2.24, 2.45) is 29.4 Å². The van der Waals surface area contributed by atoms with Gasteiger partial charge in [0.2, 0.25) is 5.91 Å². The minimum atomic E-state index is -2.79. The van der Waals surface area contributed by atoms with Gasteiger partial charge in [-0.2, -0.15) is 0 Å². The van der Waals surface area contributed by atoms with Gasteiger partial charge in [0.25, 0.3) is 0 Å². The lowest BCUT2D eigenvalue weighted by Crippen LogP contribution is -2.74. The van der Waals surface area contributed by atoms with Crippen LogP contribution in [-0.4, -0.2) is 83.0 Å². The molecule has 11 nitrogen and oxygen atoms in total. The van der Waals surface area contributed by atoms with Crippen molar-refractivity contribution in [3.8, 4) is 5.75 Å². The molecule has 0 bridgehead atoms. The monoisotopic (exact) mass is 472 g/mol. The number of rotatable bonds is 3. The summed E-state index contributed by atoms with van der Waals surface area (Å²) in [5, 5.41) is 21.8. The summed E-state index contributed by atoms with van der Waals surface area (Å²) < 4.78 is 4.77. The fourth-order valence-electron chi connectivity index (χ4n) is 5.91. The summed E-state index contributed by atoms with van der Waals surface area (Å²) in [6.07, 6.45) is -0.106. The zero-order valence-electron chi connectivity index (χ0n) is 18.7. The first-order valence-electron chi connectivity index (χ1n) is 10.7. The molecular weight excluding hydrogens is 448 g/mol. The van der Waals surface area contributed by atoms with Crippen molar-refractivity contribution in [3.05, 3.63) is 28.8 Å². The van der Waals surface area contributed by atoms with Crippen LogP contribution in [0.5, 0.6) is 5.75 Å². The van der Waals surface area contributed by atoms with E-state index in [0.717, 1.165) is 13.2 Å². The SMILES string of the molecule is COC(=O)c1ccc(O)c2c1C[C@@H]1C[C@@H]3[C@@H](N(C)C)C(=O)C(C(N)=O)C(=O)[C@]3(O)C(=O)C1C2=O. The van der Waals surface area contributed by atoms with Crippen molar-refractivity contribution in [3.63, 3.8) is 0 Å². The molecule has 11 heteroatoms. The van der Waals surface area contributed by atoms with Gasteiger partial charge >= 0.3 is 5.97 Å². The number of likely N-dealkylation sites (N-methyl/N-ethyl adjacent to an activating group) is 1. The summed E-state index contributed by atoms with van der Waals surface area (Å²) in [5.41, 5.74) is 2.47. The Morgan fingerprint density at radius 3 is 2.35 bits per heavy atom. The number of esters is 1. The molecule has 3 aliphatic rings. The first kappa shape index (κ1) is 23.7. The van der Waals surface area contributed by atoms with E-state index >= 15 is 0 Å². The molecule has 2 saturated carbocycles. The van der Waals surface area contributed by atoms with Gasteiger partial charge in [0.05, 0.1) is 30.2 Å². The quantitative estimate of drug-likeness (QED) is 0.351. The first-order chi connectivity index (χ1) is 15.9. The number of benzene rings is 1. The number of amides is 1. The topological polar surface area (TPSA) is 181 Å². The van der Waals surface area contributed by atoms with Gasteiger partial charge in [0, 0.05) is 5.92 Å². The van der Waals surface area contributed by atoms with Crippen molar-refractivity contribution in [2.75, 3.05) is 21.2 Å². The summed E-state index contributed by atoms with van der Waals surface area (Å²) in [4.78, 5) is 78.9. The van der Waals surface area contributed by atoms with Crippen LogP contribution in [0.25, 0.3) is 0 Å². The second-order valence-corrected chi connectivity index (χ2v) is 9.27. The van der Waals surface area contributed by atoms with E-state index in [0.29, 0.717) is 0 Å². The highest BCUT2D eigenvalue weighted by atomic mass is 16.5. The molecule has 0 saturated heterocycles. The zero-order valence-corrected chi connectivity index (χ0v) is 18.7. The predicted molar refractivity (Wildman–Crippen MR) is 113 cm³/mol. The third-order valence-electron chi connectivity index (χ3n) is 7.35. The summed E-state index contributed by atoms with van der Waals surface area (Å²) in [6.45, 7) is 0. The third-order valence-corrected chi connectivity index (χ3v) is 7.35. The minimum absolute atomic E-state index is 0.00926. The number of ketones is 4. The lowest BCUT2D eigenvalue weighted by atomic mass is 9.52. The molecule has 180 valence electrons. The van der Waals surface area contributed by atoms with Crippen LogP contribution in [0.15, 0.2) is 12.1 Å². The zero-order chi connectivity index (χ0) is 25.3. The Balaban J connectivity index is 1.89. The standard InChI is InChI=1S/C23H24N2O9/c1-25(2)16-11-7-8-6-10-9(22(32)34-3)4-5-12(26)14(10)17(27)13(8)19(29)23(11,33)20(30)15(18(16)28)21(24)31/h4-5,8,11,13,15-16,26,33H,6-7H2,1-3H3,(H2,24,31)/t8-,11-,13?,15?,16-,23-/m1/s1. The average Bonchev–Trinajstić information content (AvgIpc) is 2.75. The summed E-state index contributed by atoms with van der Waals surface area (Å²) in [6, 6.07) is 1.25. The van der Waals surface area contributed by atoms with Crippen molar-refractivity contribution in [1.29, 1.82) is 0 Å². The number of primary amides is 1. The normalized spacial score (nSPS) is 32.7. The molecule has 3 aliphatic carbocycles. The molecule has 0 aromatic heterocycles.